The first kappa shape index (κ1) is 16.9. The second-order valence-electron chi connectivity index (χ2n) is 5.80. The van der Waals surface area contributed by atoms with Gasteiger partial charge in [0.15, 0.2) is 0 Å². The first-order valence-electron chi connectivity index (χ1n) is 8.05. The van der Waals surface area contributed by atoms with E-state index in [1.807, 2.05) is 24.5 Å². The zero-order valence-electron chi connectivity index (χ0n) is 13.7. The third-order valence-electron chi connectivity index (χ3n) is 4.11. The number of H-pyrrole nitrogens is 1. The zero-order valence-corrected chi connectivity index (χ0v) is 15.2. The number of aromatic amines is 1. The fourth-order valence-corrected chi connectivity index (χ4v) is 3.22. The molecule has 130 valence electrons. The smallest absolute Gasteiger partial charge is 0.149 e. The van der Waals surface area contributed by atoms with Crippen molar-refractivity contribution in [1.29, 1.82) is 0 Å². The Morgan fingerprint density at radius 3 is 2.54 bits per heavy atom. The molecule has 6 heteroatoms. The summed E-state index contributed by atoms with van der Waals surface area (Å²) in [7, 11) is 0. The van der Waals surface area contributed by atoms with Crippen LogP contribution in [0, 0.1) is 0 Å². The fraction of sp³-hybridized carbons (Fsp3) is 0.0500. The number of hydrogen-bond donors (Lipinski definition) is 2. The van der Waals surface area contributed by atoms with Crippen molar-refractivity contribution in [3.8, 4) is 11.1 Å². The van der Waals surface area contributed by atoms with Gasteiger partial charge in [-0.2, -0.15) is 0 Å². The summed E-state index contributed by atoms with van der Waals surface area (Å²) in [5.41, 5.74) is 6.82. The Labute approximate surface area is 160 Å². The normalized spacial score (nSPS) is 11.0. The molecule has 0 aliphatic heterocycles. The minimum atomic E-state index is 0.242. The Bertz CT molecular complexity index is 1020. The lowest BCUT2D eigenvalue weighted by molar-refractivity contribution is 0.179. The number of hydrogen-bond acceptors (Lipinski definition) is 3. The second kappa shape index (κ2) is 7.38. The summed E-state index contributed by atoms with van der Waals surface area (Å²) in [6.45, 7) is 0.242. The van der Waals surface area contributed by atoms with Crippen LogP contribution in [0.4, 0.5) is 5.82 Å². The third kappa shape index (κ3) is 3.53. The summed E-state index contributed by atoms with van der Waals surface area (Å²) < 4.78 is 0. The molecule has 0 atom stereocenters. The van der Waals surface area contributed by atoms with Gasteiger partial charge < -0.3 is 4.98 Å². The van der Waals surface area contributed by atoms with Gasteiger partial charge in [-0.15, -0.1) is 0 Å². The van der Waals surface area contributed by atoms with Gasteiger partial charge in [-0.1, -0.05) is 35.3 Å². The number of benzene rings is 2. The van der Waals surface area contributed by atoms with Gasteiger partial charge in [0, 0.05) is 39.1 Å². The van der Waals surface area contributed by atoms with Crippen LogP contribution in [-0.4, -0.2) is 9.97 Å². The summed E-state index contributed by atoms with van der Waals surface area (Å²) >= 11 is 12.2. The molecule has 0 unspecified atom stereocenters. The molecular formula is C20H15Cl2N3O. The number of anilines is 1. The predicted octanol–water partition coefficient (Wildman–Crippen LogP) is 6.08. The van der Waals surface area contributed by atoms with E-state index in [0.717, 1.165) is 22.2 Å². The highest BCUT2D eigenvalue weighted by Gasteiger charge is 2.06. The van der Waals surface area contributed by atoms with Crippen LogP contribution in [0.15, 0.2) is 67.0 Å². The standard InChI is InChI=1S/C20H15Cl2N3O/c21-17-2-1-3-18(22)16(17)12-26-25-20-7-5-15(11-24-20)13-4-6-19-14(10-13)8-9-23-19/h1-11,23H,12H2,(H,24,25). The van der Waals surface area contributed by atoms with Crippen molar-refractivity contribution < 1.29 is 4.84 Å². The van der Waals surface area contributed by atoms with Crippen LogP contribution >= 0.6 is 23.2 Å². The number of aromatic nitrogens is 2. The van der Waals surface area contributed by atoms with Crippen molar-refractivity contribution in [2.75, 3.05) is 5.48 Å². The maximum absolute atomic E-state index is 6.12. The molecule has 4 rings (SSSR count). The van der Waals surface area contributed by atoms with E-state index >= 15 is 0 Å². The summed E-state index contributed by atoms with van der Waals surface area (Å²) in [6.07, 6.45) is 3.74. The van der Waals surface area contributed by atoms with E-state index in [9.17, 15) is 0 Å². The summed E-state index contributed by atoms with van der Waals surface area (Å²) in [5.74, 6) is 0.611. The molecule has 0 radical (unpaired) electrons. The monoisotopic (exact) mass is 383 g/mol. The molecule has 0 bridgehead atoms. The van der Waals surface area contributed by atoms with E-state index in [0.29, 0.717) is 15.9 Å². The molecule has 2 aromatic carbocycles. The van der Waals surface area contributed by atoms with Gasteiger partial charge in [0.2, 0.25) is 0 Å². The van der Waals surface area contributed by atoms with Crippen molar-refractivity contribution >= 4 is 39.9 Å². The van der Waals surface area contributed by atoms with E-state index in [1.165, 1.54) is 5.39 Å². The summed E-state index contributed by atoms with van der Waals surface area (Å²) in [6, 6.07) is 17.5. The van der Waals surface area contributed by atoms with Gasteiger partial charge in [-0.3, -0.25) is 4.84 Å². The van der Waals surface area contributed by atoms with Crippen LogP contribution in [0.2, 0.25) is 10.0 Å². The van der Waals surface area contributed by atoms with E-state index in [4.69, 9.17) is 28.0 Å². The van der Waals surface area contributed by atoms with Crippen LogP contribution in [0.1, 0.15) is 5.56 Å². The molecule has 4 aromatic rings. The van der Waals surface area contributed by atoms with Gasteiger partial charge in [0.25, 0.3) is 0 Å². The van der Waals surface area contributed by atoms with Crippen LogP contribution in [0.3, 0.4) is 0 Å². The molecule has 0 amide bonds. The zero-order chi connectivity index (χ0) is 17.9. The summed E-state index contributed by atoms with van der Waals surface area (Å²) in [5, 5.41) is 2.31. The van der Waals surface area contributed by atoms with E-state index in [2.05, 4.69) is 39.7 Å². The Hall–Kier alpha value is -2.53. The number of rotatable bonds is 5. The number of pyridine rings is 1. The van der Waals surface area contributed by atoms with Gasteiger partial charge in [-0.25, -0.2) is 10.5 Å². The molecule has 0 fully saturated rings. The van der Waals surface area contributed by atoms with E-state index < -0.39 is 0 Å². The molecule has 0 aliphatic carbocycles. The highest BCUT2D eigenvalue weighted by molar-refractivity contribution is 6.35. The molecule has 26 heavy (non-hydrogen) atoms. The lowest BCUT2D eigenvalue weighted by atomic mass is 10.1. The lowest BCUT2D eigenvalue weighted by Gasteiger charge is -2.09. The predicted molar refractivity (Wildman–Crippen MR) is 106 cm³/mol. The van der Waals surface area contributed by atoms with Gasteiger partial charge in [0.05, 0.1) is 0 Å². The lowest BCUT2D eigenvalue weighted by Crippen LogP contribution is -2.03. The molecule has 0 aliphatic rings. The Kier molecular flexibility index (Phi) is 4.80. The quantitative estimate of drug-likeness (QED) is 0.410. The Balaban J connectivity index is 1.43. The number of fused-ring (bicyclic) bond motifs is 1. The van der Waals surface area contributed by atoms with Crippen molar-refractivity contribution in [2.45, 2.75) is 6.61 Å². The largest absolute Gasteiger partial charge is 0.361 e. The molecule has 0 saturated heterocycles. The molecule has 2 N–H and O–H groups in total. The van der Waals surface area contributed by atoms with Gasteiger partial charge in [-0.05, 0) is 53.4 Å². The first-order valence-corrected chi connectivity index (χ1v) is 8.80. The SMILES string of the molecule is Clc1cccc(Cl)c1CONc1ccc(-c2ccc3[nH]ccc3c2)cn1. The number of halogens is 2. The minimum absolute atomic E-state index is 0.242. The molecule has 2 aromatic heterocycles. The average Bonchev–Trinajstić information content (AvgIpc) is 3.12. The van der Waals surface area contributed by atoms with Crippen molar-refractivity contribution in [2.24, 2.45) is 0 Å². The highest BCUT2D eigenvalue weighted by atomic mass is 35.5. The molecular weight excluding hydrogens is 369 g/mol. The molecule has 0 saturated carbocycles. The first-order chi connectivity index (χ1) is 12.7. The maximum atomic E-state index is 6.12. The minimum Gasteiger partial charge on any atom is -0.361 e. The number of nitrogens with one attached hydrogen (secondary N) is 2. The third-order valence-corrected chi connectivity index (χ3v) is 4.81. The fourth-order valence-electron chi connectivity index (χ4n) is 2.71. The van der Waals surface area contributed by atoms with E-state index in [-0.39, 0.29) is 6.61 Å². The molecule has 4 nitrogen and oxygen atoms in total. The molecule has 2 heterocycles. The maximum Gasteiger partial charge on any atom is 0.149 e. The Morgan fingerprint density at radius 1 is 0.962 bits per heavy atom. The van der Waals surface area contributed by atoms with Crippen molar-refractivity contribution in [3.63, 3.8) is 0 Å². The van der Waals surface area contributed by atoms with Crippen molar-refractivity contribution in [1.82, 2.24) is 9.97 Å². The van der Waals surface area contributed by atoms with Crippen LogP contribution in [-0.2, 0) is 11.4 Å². The highest BCUT2D eigenvalue weighted by Crippen LogP contribution is 2.26. The van der Waals surface area contributed by atoms with Gasteiger partial charge >= 0.3 is 0 Å². The van der Waals surface area contributed by atoms with E-state index in [1.54, 1.807) is 18.2 Å². The van der Waals surface area contributed by atoms with Crippen LogP contribution < -0.4 is 5.48 Å². The topological polar surface area (TPSA) is 49.9 Å². The molecule has 0 spiro atoms. The van der Waals surface area contributed by atoms with Crippen molar-refractivity contribution in [3.05, 3.63) is 82.6 Å². The average molecular weight is 384 g/mol. The number of nitrogens with zero attached hydrogens (tertiary/aromatic N) is 1. The van der Waals surface area contributed by atoms with Crippen LogP contribution in [0.25, 0.3) is 22.0 Å². The Morgan fingerprint density at radius 2 is 1.77 bits per heavy atom. The van der Waals surface area contributed by atoms with Gasteiger partial charge in [0.1, 0.15) is 12.4 Å². The second-order valence-corrected chi connectivity index (χ2v) is 6.62. The summed E-state index contributed by atoms with van der Waals surface area (Å²) in [4.78, 5) is 13.1. The van der Waals surface area contributed by atoms with Crippen LogP contribution in [0.5, 0.6) is 0 Å².